The molecule has 0 bridgehead atoms. The van der Waals surface area contributed by atoms with Crippen LogP contribution < -0.4 is 0 Å². The average molecular weight is 338 g/mol. The van der Waals surface area contributed by atoms with Gasteiger partial charge in [-0.05, 0) is 30.0 Å². The number of hydrogen-bond donors (Lipinski definition) is 1. The number of nitrogens with zero attached hydrogens (tertiary/aromatic N) is 4. The maximum absolute atomic E-state index is 12.5. The molecule has 2 aromatic rings. The molecule has 0 unspecified atom stereocenters. The standard InChI is InChI=1S/C19H22N4O2/c24-18-12-23(19(25)16-5-8-20-13-21-16)10-7-17(18)22-9-6-14-3-1-2-4-15(14)11-22/h1-5,8,13,17-18,24H,6-7,9-12H2/t17-,18-/m1/s1. The lowest BCUT2D eigenvalue weighted by molar-refractivity contribution is -0.0139. The van der Waals surface area contributed by atoms with Crippen LogP contribution in [0.4, 0.5) is 0 Å². The molecular formula is C19H22N4O2. The maximum atomic E-state index is 12.5. The van der Waals surface area contributed by atoms with E-state index in [0.717, 1.165) is 25.9 Å². The van der Waals surface area contributed by atoms with Gasteiger partial charge >= 0.3 is 0 Å². The minimum absolute atomic E-state index is 0.0998. The van der Waals surface area contributed by atoms with Gasteiger partial charge in [-0.1, -0.05) is 24.3 Å². The molecule has 1 fully saturated rings. The highest BCUT2D eigenvalue weighted by Crippen LogP contribution is 2.25. The van der Waals surface area contributed by atoms with E-state index in [1.54, 1.807) is 17.2 Å². The number of carbonyl (C=O) groups excluding carboxylic acids is 1. The van der Waals surface area contributed by atoms with Gasteiger partial charge in [-0.25, -0.2) is 9.97 Å². The molecule has 2 aliphatic heterocycles. The number of piperidine rings is 1. The summed E-state index contributed by atoms with van der Waals surface area (Å²) in [6, 6.07) is 10.2. The first-order valence-electron chi connectivity index (χ1n) is 8.76. The van der Waals surface area contributed by atoms with Gasteiger partial charge in [0, 0.05) is 38.4 Å². The van der Waals surface area contributed by atoms with Crippen molar-refractivity contribution < 1.29 is 9.90 Å². The summed E-state index contributed by atoms with van der Waals surface area (Å²) >= 11 is 0. The van der Waals surface area contributed by atoms with Crippen LogP contribution in [-0.2, 0) is 13.0 Å². The lowest BCUT2D eigenvalue weighted by Crippen LogP contribution is -2.56. The van der Waals surface area contributed by atoms with Gasteiger partial charge in [-0.15, -0.1) is 0 Å². The van der Waals surface area contributed by atoms with E-state index >= 15 is 0 Å². The van der Waals surface area contributed by atoms with E-state index in [-0.39, 0.29) is 11.9 Å². The number of fused-ring (bicyclic) bond motifs is 1. The number of likely N-dealkylation sites (tertiary alicyclic amines) is 1. The lowest BCUT2D eigenvalue weighted by atomic mass is 9.94. The number of aromatic nitrogens is 2. The van der Waals surface area contributed by atoms with Gasteiger partial charge in [-0.2, -0.15) is 0 Å². The molecule has 130 valence electrons. The van der Waals surface area contributed by atoms with Gasteiger partial charge in [0.25, 0.3) is 5.91 Å². The Morgan fingerprint density at radius 1 is 1.16 bits per heavy atom. The molecule has 0 aliphatic carbocycles. The van der Waals surface area contributed by atoms with Crippen molar-refractivity contribution in [3.63, 3.8) is 0 Å². The first-order valence-corrected chi connectivity index (χ1v) is 8.76. The number of aliphatic hydroxyl groups excluding tert-OH is 1. The van der Waals surface area contributed by atoms with Crippen molar-refractivity contribution in [2.45, 2.75) is 31.5 Å². The summed E-state index contributed by atoms with van der Waals surface area (Å²) in [7, 11) is 0. The van der Waals surface area contributed by atoms with E-state index in [0.29, 0.717) is 18.8 Å². The van der Waals surface area contributed by atoms with Crippen molar-refractivity contribution in [1.29, 1.82) is 0 Å². The summed E-state index contributed by atoms with van der Waals surface area (Å²) in [6.07, 6.45) is 4.20. The molecule has 0 saturated carbocycles. The summed E-state index contributed by atoms with van der Waals surface area (Å²) < 4.78 is 0. The zero-order valence-corrected chi connectivity index (χ0v) is 14.1. The van der Waals surface area contributed by atoms with Crippen molar-refractivity contribution in [3.8, 4) is 0 Å². The van der Waals surface area contributed by atoms with Gasteiger partial charge in [0.05, 0.1) is 6.10 Å². The number of carbonyl (C=O) groups is 1. The summed E-state index contributed by atoms with van der Waals surface area (Å²) in [5.41, 5.74) is 3.14. The fourth-order valence-corrected chi connectivity index (χ4v) is 3.91. The van der Waals surface area contributed by atoms with Gasteiger partial charge in [-0.3, -0.25) is 9.69 Å². The zero-order chi connectivity index (χ0) is 17.2. The number of amides is 1. The monoisotopic (exact) mass is 338 g/mol. The highest BCUT2D eigenvalue weighted by Gasteiger charge is 2.35. The van der Waals surface area contributed by atoms with Crippen LogP contribution in [0.25, 0.3) is 0 Å². The molecule has 0 spiro atoms. The molecular weight excluding hydrogens is 316 g/mol. The molecule has 4 rings (SSSR count). The topological polar surface area (TPSA) is 69.6 Å². The van der Waals surface area contributed by atoms with E-state index in [9.17, 15) is 9.90 Å². The number of β-amino-alcohol motifs (C(OH)–C–C–N with tert-alkyl or cyclic N) is 1. The predicted molar refractivity (Wildman–Crippen MR) is 92.9 cm³/mol. The molecule has 1 amide bonds. The van der Waals surface area contributed by atoms with E-state index in [4.69, 9.17) is 0 Å². The molecule has 6 heteroatoms. The Kier molecular flexibility index (Phi) is 4.46. The molecule has 0 radical (unpaired) electrons. The third-order valence-corrected chi connectivity index (χ3v) is 5.26. The molecule has 25 heavy (non-hydrogen) atoms. The highest BCUT2D eigenvalue weighted by atomic mass is 16.3. The smallest absolute Gasteiger partial charge is 0.272 e. The normalized spacial score (nSPS) is 24.0. The van der Waals surface area contributed by atoms with Gasteiger partial charge in [0.15, 0.2) is 0 Å². The first kappa shape index (κ1) is 16.2. The fraction of sp³-hybridized carbons (Fsp3) is 0.421. The van der Waals surface area contributed by atoms with Crippen LogP contribution >= 0.6 is 0 Å². The summed E-state index contributed by atoms with van der Waals surface area (Å²) in [4.78, 5) is 24.4. The van der Waals surface area contributed by atoms with E-state index in [1.165, 1.54) is 17.5 Å². The predicted octanol–water partition coefficient (Wildman–Crippen LogP) is 1.11. The number of rotatable bonds is 2. The number of hydrogen-bond acceptors (Lipinski definition) is 5. The molecule has 1 saturated heterocycles. The summed E-state index contributed by atoms with van der Waals surface area (Å²) in [6.45, 7) is 2.82. The van der Waals surface area contributed by atoms with Crippen LogP contribution in [0.15, 0.2) is 42.9 Å². The SMILES string of the molecule is O=C(c1ccncn1)N1CC[C@@H](N2CCc3ccccc3C2)[C@H](O)C1. The van der Waals surface area contributed by atoms with Crippen molar-refractivity contribution >= 4 is 5.91 Å². The van der Waals surface area contributed by atoms with Crippen molar-refractivity contribution in [2.75, 3.05) is 19.6 Å². The quantitative estimate of drug-likeness (QED) is 0.888. The minimum atomic E-state index is -0.537. The molecule has 3 heterocycles. The number of aliphatic hydroxyl groups is 1. The Bertz CT molecular complexity index is 752. The molecule has 1 aromatic carbocycles. The van der Waals surface area contributed by atoms with Crippen molar-refractivity contribution in [1.82, 2.24) is 19.8 Å². The van der Waals surface area contributed by atoms with Crippen LogP contribution in [-0.4, -0.2) is 62.6 Å². The highest BCUT2D eigenvalue weighted by molar-refractivity contribution is 5.92. The van der Waals surface area contributed by atoms with Crippen LogP contribution in [0.1, 0.15) is 28.0 Å². The second kappa shape index (κ2) is 6.90. The van der Waals surface area contributed by atoms with Crippen molar-refractivity contribution in [3.05, 3.63) is 59.7 Å². The molecule has 2 atom stereocenters. The lowest BCUT2D eigenvalue weighted by Gasteiger charge is -2.43. The summed E-state index contributed by atoms with van der Waals surface area (Å²) in [5.74, 6) is -0.135. The van der Waals surface area contributed by atoms with E-state index < -0.39 is 6.10 Å². The van der Waals surface area contributed by atoms with Crippen molar-refractivity contribution in [2.24, 2.45) is 0 Å². The second-order valence-electron chi connectivity index (χ2n) is 6.76. The Balaban J connectivity index is 1.42. The van der Waals surface area contributed by atoms with Crippen LogP contribution in [0.2, 0.25) is 0 Å². The van der Waals surface area contributed by atoms with Crippen LogP contribution in [0.5, 0.6) is 0 Å². The maximum Gasteiger partial charge on any atom is 0.272 e. The third kappa shape index (κ3) is 3.27. The molecule has 1 N–H and O–H groups in total. The Morgan fingerprint density at radius 3 is 2.76 bits per heavy atom. The molecule has 2 aliphatic rings. The Morgan fingerprint density at radius 2 is 2.00 bits per heavy atom. The van der Waals surface area contributed by atoms with Crippen LogP contribution in [0.3, 0.4) is 0 Å². The van der Waals surface area contributed by atoms with E-state index in [2.05, 4.69) is 39.1 Å². The first-order chi connectivity index (χ1) is 12.2. The number of benzene rings is 1. The minimum Gasteiger partial charge on any atom is -0.390 e. The largest absolute Gasteiger partial charge is 0.390 e. The fourth-order valence-electron chi connectivity index (χ4n) is 3.91. The van der Waals surface area contributed by atoms with Gasteiger partial charge in [0.1, 0.15) is 12.0 Å². The van der Waals surface area contributed by atoms with Gasteiger partial charge < -0.3 is 10.0 Å². The summed E-state index contributed by atoms with van der Waals surface area (Å²) in [5, 5.41) is 10.7. The Labute approximate surface area is 147 Å². The zero-order valence-electron chi connectivity index (χ0n) is 14.1. The average Bonchev–Trinajstić information content (AvgIpc) is 2.67. The van der Waals surface area contributed by atoms with Crippen LogP contribution in [0, 0.1) is 0 Å². The molecule has 1 aromatic heterocycles. The molecule has 6 nitrogen and oxygen atoms in total. The van der Waals surface area contributed by atoms with E-state index in [1.807, 2.05) is 0 Å². The third-order valence-electron chi connectivity index (χ3n) is 5.26. The van der Waals surface area contributed by atoms with Gasteiger partial charge in [0.2, 0.25) is 0 Å². The Hall–Kier alpha value is -2.31. The second-order valence-corrected chi connectivity index (χ2v) is 6.76.